The van der Waals surface area contributed by atoms with E-state index < -0.39 is 0 Å². The number of aryl methyl sites for hydroxylation is 1. The van der Waals surface area contributed by atoms with Crippen molar-refractivity contribution < 1.29 is 14.3 Å². The number of rotatable bonds is 6. The zero-order chi connectivity index (χ0) is 20.1. The fourth-order valence-electron chi connectivity index (χ4n) is 3.63. The van der Waals surface area contributed by atoms with Crippen LogP contribution in [0.15, 0.2) is 48.5 Å². The van der Waals surface area contributed by atoms with Crippen LogP contribution in [0.3, 0.4) is 0 Å². The molecule has 1 aliphatic heterocycles. The molecule has 2 amide bonds. The first-order valence-corrected chi connectivity index (χ1v) is 9.74. The molecule has 5 nitrogen and oxygen atoms in total. The Bertz CT molecular complexity index is 832. The number of likely N-dealkylation sites (N-methyl/N-ethyl adjacent to an activating group) is 1. The molecule has 0 saturated carbocycles. The van der Waals surface area contributed by atoms with E-state index in [9.17, 15) is 9.59 Å². The monoisotopic (exact) mass is 380 g/mol. The van der Waals surface area contributed by atoms with Crippen LogP contribution in [0.1, 0.15) is 36.1 Å². The first-order chi connectivity index (χ1) is 13.5. The quantitative estimate of drug-likeness (QED) is 0.772. The van der Waals surface area contributed by atoms with Crippen molar-refractivity contribution in [3.05, 3.63) is 65.2 Å². The molecule has 5 heteroatoms. The number of fused-ring (bicyclic) bond motifs is 1. The Kier molecular flexibility index (Phi) is 6.34. The van der Waals surface area contributed by atoms with E-state index in [4.69, 9.17) is 4.74 Å². The molecule has 1 heterocycles. The summed E-state index contributed by atoms with van der Waals surface area (Å²) in [5.74, 6) is 0.827. The number of hydrogen-bond donors (Lipinski definition) is 0. The van der Waals surface area contributed by atoms with E-state index in [2.05, 4.69) is 6.07 Å². The van der Waals surface area contributed by atoms with Gasteiger partial charge in [-0.25, -0.2) is 0 Å². The van der Waals surface area contributed by atoms with Crippen molar-refractivity contribution in [2.45, 2.75) is 32.7 Å². The Hall–Kier alpha value is -2.82. The van der Waals surface area contributed by atoms with Crippen LogP contribution in [0, 0.1) is 6.92 Å². The fraction of sp³-hybridized carbons (Fsp3) is 0.391. The van der Waals surface area contributed by atoms with Crippen LogP contribution in [0.4, 0.5) is 0 Å². The van der Waals surface area contributed by atoms with E-state index in [1.54, 1.807) is 18.9 Å². The summed E-state index contributed by atoms with van der Waals surface area (Å²) in [6.07, 6.45) is 1.12. The molecule has 0 aromatic heterocycles. The smallest absolute Gasteiger partial charge is 0.224 e. The SMILES string of the molecule is CC(=O)N1CCc2ccccc2C1CC(=O)N(C)CCOc1ccc(C)cc1. The molecule has 148 valence electrons. The highest BCUT2D eigenvalue weighted by molar-refractivity contribution is 5.79. The van der Waals surface area contributed by atoms with E-state index in [1.807, 2.05) is 54.3 Å². The molecule has 3 rings (SSSR count). The summed E-state index contributed by atoms with van der Waals surface area (Å²) in [5.41, 5.74) is 3.49. The fourth-order valence-corrected chi connectivity index (χ4v) is 3.63. The van der Waals surface area contributed by atoms with Crippen LogP contribution < -0.4 is 4.74 Å². The van der Waals surface area contributed by atoms with Gasteiger partial charge >= 0.3 is 0 Å². The molecule has 1 atom stereocenters. The topological polar surface area (TPSA) is 49.9 Å². The van der Waals surface area contributed by atoms with Gasteiger partial charge in [-0.2, -0.15) is 0 Å². The average Bonchev–Trinajstić information content (AvgIpc) is 2.69. The van der Waals surface area contributed by atoms with Crippen molar-refractivity contribution in [2.24, 2.45) is 0 Å². The van der Waals surface area contributed by atoms with Gasteiger partial charge in [0.1, 0.15) is 12.4 Å². The third-order valence-electron chi connectivity index (χ3n) is 5.33. The lowest BCUT2D eigenvalue weighted by Crippen LogP contribution is -2.42. The number of ether oxygens (including phenoxy) is 1. The first kappa shape index (κ1) is 19.9. The zero-order valence-corrected chi connectivity index (χ0v) is 16.9. The van der Waals surface area contributed by atoms with Crippen LogP contribution in [0.25, 0.3) is 0 Å². The maximum absolute atomic E-state index is 12.8. The molecular formula is C23H28N2O3. The van der Waals surface area contributed by atoms with E-state index >= 15 is 0 Å². The Morgan fingerprint density at radius 1 is 1.14 bits per heavy atom. The van der Waals surface area contributed by atoms with Crippen LogP contribution in [0.2, 0.25) is 0 Å². The highest BCUT2D eigenvalue weighted by Crippen LogP contribution is 2.32. The molecule has 0 bridgehead atoms. The number of hydrogen-bond acceptors (Lipinski definition) is 3. The van der Waals surface area contributed by atoms with Crippen LogP contribution in [-0.2, 0) is 16.0 Å². The molecule has 0 aliphatic carbocycles. The van der Waals surface area contributed by atoms with Crippen LogP contribution in [-0.4, -0.2) is 48.4 Å². The van der Waals surface area contributed by atoms with Crippen molar-refractivity contribution >= 4 is 11.8 Å². The minimum atomic E-state index is -0.199. The number of carbonyl (C=O) groups excluding carboxylic acids is 2. The zero-order valence-electron chi connectivity index (χ0n) is 16.9. The van der Waals surface area contributed by atoms with Gasteiger partial charge < -0.3 is 14.5 Å². The number of benzene rings is 2. The second-order valence-corrected chi connectivity index (χ2v) is 7.36. The molecule has 0 N–H and O–H groups in total. The second kappa shape index (κ2) is 8.91. The Morgan fingerprint density at radius 3 is 2.57 bits per heavy atom. The molecular weight excluding hydrogens is 352 g/mol. The van der Waals surface area contributed by atoms with E-state index in [1.165, 1.54) is 11.1 Å². The van der Waals surface area contributed by atoms with Gasteiger partial charge in [0.05, 0.1) is 19.0 Å². The molecule has 2 aromatic rings. The summed E-state index contributed by atoms with van der Waals surface area (Å²) in [6.45, 7) is 5.20. The minimum absolute atomic E-state index is 0.0117. The Labute approximate surface area is 166 Å². The predicted octanol–water partition coefficient (Wildman–Crippen LogP) is 3.37. The van der Waals surface area contributed by atoms with E-state index in [-0.39, 0.29) is 24.3 Å². The Morgan fingerprint density at radius 2 is 1.86 bits per heavy atom. The Balaban J connectivity index is 1.60. The van der Waals surface area contributed by atoms with Crippen molar-refractivity contribution in [1.29, 1.82) is 0 Å². The molecule has 0 saturated heterocycles. The first-order valence-electron chi connectivity index (χ1n) is 9.74. The average molecular weight is 380 g/mol. The van der Waals surface area contributed by atoms with Gasteiger partial charge in [-0.05, 0) is 36.6 Å². The third kappa shape index (κ3) is 4.71. The minimum Gasteiger partial charge on any atom is -0.492 e. The molecule has 0 spiro atoms. The van der Waals surface area contributed by atoms with Crippen molar-refractivity contribution in [3.63, 3.8) is 0 Å². The molecule has 1 aliphatic rings. The van der Waals surface area contributed by atoms with Crippen molar-refractivity contribution in [2.75, 3.05) is 26.7 Å². The summed E-state index contributed by atoms with van der Waals surface area (Å²) in [6, 6.07) is 15.8. The van der Waals surface area contributed by atoms with Gasteiger partial charge in [0.15, 0.2) is 0 Å². The lowest BCUT2D eigenvalue weighted by molar-refractivity contribution is -0.136. The number of carbonyl (C=O) groups is 2. The molecule has 28 heavy (non-hydrogen) atoms. The molecule has 1 unspecified atom stereocenters. The van der Waals surface area contributed by atoms with Crippen molar-refractivity contribution in [3.8, 4) is 5.75 Å². The summed E-state index contributed by atoms with van der Waals surface area (Å²) in [7, 11) is 1.79. The molecule has 2 aromatic carbocycles. The van der Waals surface area contributed by atoms with Gasteiger partial charge in [0, 0.05) is 20.5 Å². The third-order valence-corrected chi connectivity index (χ3v) is 5.33. The van der Waals surface area contributed by atoms with Gasteiger partial charge in [0.2, 0.25) is 11.8 Å². The maximum Gasteiger partial charge on any atom is 0.224 e. The van der Waals surface area contributed by atoms with Gasteiger partial charge in [-0.15, -0.1) is 0 Å². The highest BCUT2D eigenvalue weighted by Gasteiger charge is 2.31. The number of amides is 2. The highest BCUT2D eigenvalue weighted by atomic mass is 16.5. The largest absolute Gasteiger partial charge is 0.492 e. The standard InChI is InChI=1S/C23H28N2O3/c1-17-8-10-20(11-9-17)28-15-14-24(3)23(27)16-22-21-7-5-4-6-19(21)12-13-25(22)18(2)26/h4-11,22H,12-16H2,1-3H3. The summed E-state index contributed by atoms with van der Waals surface area (Å²) in [4.78, 5) is 28.4. The van der Waals surface area contributed by atoms with E-state index in [0.29, 0.717) is 19.7 Å². The van der Waals surface area contributed by atoms with Crippen LogP contribution in [0.5, 0.6) is 5.75 Å². The van der Waals surface area contributed by atoms with E-state index in [0.717, 1.165) is 17.7 Å². The summed E-state index contributed by atoms with van der Waals surface area (Å²) >= 11 is 0. The van der Waals surface area contributed by atoms with Gasteiger partial charge in [0.25, 0.3) is 0 Å². The van der Waals surface area contributed by atoms with Crippen LogP contribution >= 0.6 is 0 Å². The van der Waals surface area contributed by atoms with Gasteiger partial charge in [-0.1, -0.05) is 42.0 Å². The lowest BCUT2D eigenvalue weighted by Gasteiger charge is -2.37. The summed E-state index contributed by atoms with van der Waals surface area (Å²) < 4.78 is 5.73. The van der Waals surface area contributed by atoms with Gasteiger partial charge in [-0.3, -0.25) is 9.59 Å². The van der Waals surface area contributed by atoms with Crippen molar-refractivity contribution in [1.82, 2.24) is 9.80 Å². The normalized spacial score (nSPS) is 15.7. The summed E-state index contributed by atoms with van der Waals surface area (Å²) in [5, 5.41) is 0. The second-order valence-electron chi connectivity index (χ2n) is 7.36. The number of nitrogens with zero attached hydrogens (tertiary/aromatic N) is 2. The predicted molar refractivity (Wildman–Crippen MR) is 109 cm³/mol. The molecule has 0 fully saturated rings. The molecule has 0 radical (unpaired) electrons. The lowest BCUT2D eigenvalue weighted by atomic mass is 9.90. The maximum atomic E-state index is 12.8.